The number of rotatable bonds is 6. The second-order valence-corrected chi connectivity index (χ2v) is 9.13. The van der Waals surface area contributed by atoms with Gasteiger partial charge < -0.3 is 5.32 Å². The van der Waals surface area contributed by atoms with Gasteiger partial charge in [-0.25, -0.2) is 9.38 Å². The van der Waals surface area contributed by atoms with Crippen LogP contribution >= 0.6 is 11.8 Å². The second kappa shape index (κ2) is 10.0. The van der Waals surface area contributed by atoms with Gasteiger partial charge in [-0.1, -0.05) is 59.8 Å². The highest BCUT2D eigenvalue weighted by Crippen LogP contribution is 2.33. The third-order valence-electron chi connectivity index (χ3n) is 5.28. The van der Waals surface area contributed by atoms with Crippen molar-refractivity contribution in [2.75, 3.05) is 5.32 Å². The van der Waals surface area contributed by atoms with Gasteiger partial charge in [0.2, 0.25) is 11.8 Å². The summed E-state index contributed by atoms with van der Waals surface area (Å²) in [6.07, 6.45) is 0.0323. The summed E-state index contributed by atoms with van der Waals surface area (Å²) in [5, 5.41) is 2.83. The van der Waals surface area contributed by atoms with Crippen LogP contribution in [-0.2, 0) is 16.1 Å². The fraction of sp³-hybridized carbons (Fsp3) is 0.192. The number of hydrogen-bond donors (Lipinski definition) is 1. The van der Waals surface area contributed by atoms with E-state index in [9.17, 15) is 14.0 Å². The molecule has 0 unspecified atom stereocenters. The van der Waals surface area contributed by atoms with Crippen LogP contribution in [0.3, 0.4) is 0 Å². The van der Waals surface area contributed by atoms with Crippen molar-refractivity contribution in [1.82, 2.24) is 4.90 Å². The molecule has 1 heterocycles. The van der Waals surface area contributed by atoms with Crippen LogP contribution in [0, 0.1) is 19.7 Å². The number of hydrogen-bond acceptors (Lipinski definition) is 4. The molecule has 0 spiro atoms. The molecule has 1 aliphatic rings. The SMILES string of the molecule is Cc1ccc(NC(=O)C[C@H]2SC(=Nc3ccc(F)cc3)N(Cc3ccccc3)C2=O)c(C)c1. The van der Waals surface area contributed by atoms with Gasteiger partial charge in [0.05, 0.1) is 12.2 Å². The third kappa shape index (κ3) is 5.68. The average molecular weight is 462 g/mol. The lowest BCUT2D eigenvalue weighted by atomic mass is 10.1. The predicted molar refractivity (Wildman–Crippen MR) is 131 cm³/mol. The predicted octanol–water partition coefficient (Wildman–Crippen LogP) is 5.60. The summed E-state index contributed by atoms with van der Waals surface area (Å²) >= 11 is 1.26. The molecular weight excluding hydrogens is 437 g/mol. The van der Waals surface area contributed by atoms with Crippen LogP contribution in [0.25, 0.3) is 0 Å². The van der Waals surface area contributed by atoms with Crippen LogP contribution in [0.2, 0.25) is 0 Å². The topological polar surface area (TPSA) is 61.8 Å². The van der Waals surface area contributed by atoms with Gasteiger partial charge in [0.25, 0.3) is 0 Å². The zero-order chi connectivity index (χ0) is 23.4. The molecule has 0 bridgehead atoms. The van der Waals surface area contributed by atoms with E-state index < -0.39 is 5.25 Å². The van der Waals surface area contributed by atoms with Crippen LogP contribution < -0.4 is 5.32 Å². The summed E-state index contributed by atoms with van der Waals surface area (Å²) in [6, 6.07) is 21.2. The Bertz CT molecular complexity index is 1200. The van der Waals surface area contributed by atoms with E-state index in [1.165, 1.54) is 23.9 Å². The highest BCUT2D eigenvalue weighted by Gasteiger charge is 2.39. The Hall–Kier alpha value is -3.45. The van der Waals surface area contributed by atoms with E-state index in [-0.39, 0.29) is 24.1 Å². The minimum Gasteiger partial charge on any atom is -0.326 e. The fourth-order valence-electron chi connectivity index (χ4n) is 3.59. The van der Waals surface area contributed by atoms with Gasteiger partial charge in [-0.3, -0.25) is 14.5 Å². The first-order valence-electron chi connectivity index (χ1n) is 10.6. The Kier molecular flexibility index (Phi) is 6.89. The molecular formula is C26H24FN3O2S. The van der Waals surface area contributed by atoms with Gasteiger partial charge in [-0.05, 0) is 55.3 Å². The number of anilines is 1. The minimum atomic E-state index is -0.585. The molecule has 1 N–H and O–H groups in total. The number of aryl methyl sites for hydroxylation is 2. The number of thioether (sulfide) groups is 1. The number of carbonyl (C=O) groups excluding carboxylic acids is 2. The van der Waals surface area contributed by atoms with Crippen molar-refractivity contribution >= 4 is 40.1 Å². The maximum absolute atomic E-state index is 13.3. The fourth-order valence-corrected chi connectivity index (χ4v) is 4.74. The molecule has 0 radical (unpaired) electrons. The van der Waals surface area contributed by atoms with Crippen molar-refractivity contribution in [1.29, 1.82) is 0 Å². The summed E-state index contributed by atoms with van der Waals surface area (Å²) in [7, 11) is 0. The van der Waals surface area contributed by atoms with E-state index in [1.807, 2.05) is 62.4 Å². The van der Waals surface area contributed by atoms with Crippen molar-refractivity contribution in [2.45, 2.75) is 32.1 Å². The number of benzene rings is 3. The minimum absolute atomic E-state index is 0.0323. The van der Waals surface area contributed by atoms with Gasteiger partial charge in [-0.2, -0.15) is 0 Å². The van der Waals surface area contributed by atoms with Gasteiger partial charge in [0.15, 0.2) is 5.17 Å². The molecule has 4 rings (SSSR count). The maximum Gasteiger partial charge on any atom is 0.242 e. The standard InChI is InChI=1S/C26H24FN3O2S/c1-17-8-13-22(18(2)14-17)29-24(31)15-23-25(32)30(16-19-6-4-3-5-7-19)26(33-23)28-21-11-9-20(27)10-12-21/h3-14,23H,15-16H2,1-2H3,(H,29,31)/t23-/m1/s1. The monoisotopic (exact) mass is 461 g/mol. The molecule has 168 valence electrons. The summed E-state index contributed by atoms with van der Waals surface area (Å²) in [5.41, 5.74) is 4.33. The van der Waals surface area contributed by atoms with Gasteiger partial charge >= 0.3 is 0 Å². The molecule has 2 amide bonds. The highest BCUT2D eigenvalue weighted by molar-refractivity contribution is 8.15. The number of carbonyl (C=O) groups is 2. The summed E-state index contributed by atoms with van der Waals surface area (Å²) in [5.74, 6) is -0.743. The lowest BCUT2D eigenvalue weighted by Crippen LogP contribution is -2.33. The van der Waals surface area contributed by atoms with E-state index >= 15 is 0 Å². The first-order chi connectivity index (χ1) is 15.9. The summed E-state index contributed by atoms with van der Waals surface area (Å²) in [4.78, 5) is 32.2. The molecule has 7 heteroatoms. The molecule has 33 heavy (non-hydrogen) atoms. The number of halogens is 1. The lowest BCUT2D eigenvalue weighted by molar-refractivity contribution is -0.128. The van der Waals surface area contributed by atoms with Crippen molar-refractivity contribution in [3.05, 3.63) is 95.3 Å². The molecule has 0 aliphatic carbocycles. The van der Waals surface area contributed by atoms with Crippen LogP contribution in [0.4, 0.5) is 15.8 Å². The largest absolute Gasteiger partial charge is 0.326 e. The number of nitrogens with zero attached hydrogens (tertiary/aromatic N) is 2. The molecule has 0 saturated carbocycles. The summed E-state index contributed by atoms with van der Waals surface area (Å²) < 4.78 is 13.3. The number of amidine groups is 1. The van der Waals surface area contributed by atoms with Crippen molar-refractivity contribution in [3.8, 4) is 0 Å². The Morgan fingerprint density at radius 2 is 1.79 bits per heavy atom. The Labute approximate surface area is 196 Å². The molecule has 1 saturated heterocycles. The Balaban J connectivity index is 1.54. The van der Waals surface area contributed by atoms with Gasteiger partial charge in [0, 0.05) is 12.1 Å². The molecule has 1 fully saturated rings. The lowest BCUT2D eigenvalue weighted by Gasteiger charge is -2.16. The Morgan fingerprint density at radius 1 is 1.06 bits per heavy atom. The van der Waals surface area contributed by atoms with Crippen molar-refractivity contribution in [2.24, 2.45) is 4.99 Å². The maximum atomic E-state index is 13.3. The molecule has 1 atom stereocenters. The van der Waals surface area contributed by atoms with Crippen molar-refractivity contribution < 1.29 is 14.0 Å². The van der Waals surface area contributed by atoms with Crippen LogP contribution in [-0.4, -0.2) is 27.1 Å². The zero-order valence-electron chi connectivity index (χ0n) is 18.4. The highest BCUT2D eigenvalue weighted by atomic mass is 32.2. The van der Waals surface area contributed by atoms with Crippen LogP contribution in [0.15, 0.2) is 77.8 Å². The second-order valence-electron chi connectivity index (χ2n) is 7.96. The van der Waals surface area contributed by atoms with E-state index in [0.29, 0.717) is 17.4 Å². The number of nitrogens with one attached hydrogen (secondary N) is 1. The van der Waals surface area contributed by atoms with E-state index in [2.05, 4.69) is 10.3 Å². The zero-order valence-corrected chi connectivity index (χ0v) is 19.2. The normalized spacial score (nSPS) is 16.9. The molecule has 0 aromatic heterocycles. The van der Waals surface area contributed by atoms with E-state index in [1.54, 1.807) is 17.0 Å². The Morgan fingerprint density at radius 3 is 2.48 bits per heavy atom. The van der Waals surface area contributed by atoms with E-state index in [4.69, 9.17) is 0 Å². The van der Waals surface area contributed by atoms with Gasteiger partial charge in [-0.15, -0.1) is 0 Å². The van der Waals surface area contributed by atoms with Crippen molar-refractivity contribution in [3.63, 3.8) is 0 Å². The quantitative estimate of drug-likeness (QED) is 0.520. The smallest absolute Gasteiger partial charge is 0.242 e. The van der Waals surface area contributed by atoms with E-state index in [0.717, 1.165) is 22.4 Å². The average Bonchev–Trinajstić information content (AvgIpc) is 3.06. The molecule has 3 aromatic carbocycles. The molecule has 1 aliphatic heterocycles. The van der Waals surface area contributed by atoms with Crippen LogP contribution in [0.5, 0.6) is 0 Å². The number of amides is 2. The summed E-state index contributed by atoms with van der Waals surface area (Å²) in [6.45, 7) is 4.28. The van der Waals surface area contributed by atoms with Gasteiger partial charge in [0.1, 0.15) is 11.1 Å². The third-order valence-corrected chi connectivity index (χ3v) is 6.46. The molecule has 3 aromatic rings. The molecule has 5 nitrogen and oxygen atoms in total. The van der Waals surface area contributed by atoms with Crippen LogP contribution in [0.1, 0.15) is 23.1 Å². The first kappa shape index (κ1) is 22.7. The first-order valence-corrected chi connectivity index (χ1v) is 11.5. The number of aliphatic imine (C=N–C) groups is 1.